The fraction of sp³-hybridized carbons (Fsp3) is 0. The van der Waals surface area contributed by atoms with Crippen LogP contribution in [-0.2, 0) is 9.13 Å². The van der Waals surface area contributed by atoms with Crippen molar-refractivity contribution in [3.05, 3.63) is 175 Å². The number of hydrogen-bond acceptors (Lipinski definition) is 3. The number of aromatic nitrogens is 1. The standard InChI is InChI=1S/C18H12F3OP.C17H14NOP/c19-13-1-7-16(8-2-13)23(22,17-9-3-14(20)4-10-17)18-11-5-15(21)6-12-18;19-20(15-7-3-1-4-8-15,16-9-5-2-6-10-16)17-11-13-18-14-12-17/h1-12H;1-14H. The number of hydrogen-bond donors (Lipinski definition) is 0. The Bertz CT molecular complexity index is 1650. The van der Waals surface area contributed by atoms with E-state index in [0.29, 0.717) is 15.9 Å². The van der Waals surface area contributed by atoms with Crippen molar-refractivity contribution in [2.24, 2.45) is 0 Å². The second-order valence-corrected chi connectivity index (χ2v) is 15.1. The molecule has 8 heteroatoms. The van der Waals surface area contributed by atoms with E-state index < -0.39 is 31.7 Å². The van der Waals surface area contributed by atoms with Gasteiger partial charge in [-0.25, -0.2) is 13.2 Å². The molecule has 0 fully saturated rings. The lowest BCUT2D eigenvalue weighted by molar-refractivity contribution is 0.591. The van der Waals surface area contributed by atoms with Crippen molar-refractivity contribution in [1.82, 2.24) is 4.98 Å². The van der Waals surface area contributed by atoms with Crippen molar-refractivity contribution >= 4 is 46.1 Å². The van der Waals surface area contributed by atoms with Crippen molar-refractivity contribution in [3.8, 4) is 0 Å². The summed E-state index contributed by atoms with van der Waals surface area (Å²) in [5, 5.41) is 3.70. The predicted molar refractivity (Wildman–Crippen MR) is 169 cm³/mol. The summed E-state index contributed by atoms with van der Waals surface area (Å²) in [7, 11) is -6.15. The molecule has 0 spiro atoms. The van der Waals surface area contributed by atoms with E-state index in [9.17, 15) is 22.3 Å². The molecule has 3 nitrogen and oxygen atoms in total. The molecule has 0 N–H and O–H groups in total. The van der Waals surface area contributed by atoms with Gasteiger partial charge in [-0.15, -0.1) is 0 Å². The molecule has 0 amide bonds. The molecule has 214 valence electrons. The smallest absolute Gasteiger partial charge is 0.171 e. The quantitative estimate of drug-likeness (QED) is 0.203. The summed E-state index contributed by atoms with van der Waals surface area (Å²) >= 11 is 0. The van der Waals surface area contributed by atoms with Crippen molar-refractivity contribution in [2.45, 2.75) is 0 Å². The van der Waals surface area contributed by atoms with Gasteiger partial charge in [0, 0.05) is 44.2 Å². The topological polar surface area (TPSA) is 47.0 Å². The van der Waals surface area contributed by atoms with Crippen molar-refractivity contribution < 1.29 is 22.3 Å². The first-order valence-corrected chi connectivity index (χ1v) is 16.7. The van der Waals surface area contributed by atoms with Crippen LogP contribution in [-0.4, -0.2) is 4.98 Å². The maximum atomic E-state index is 13.8. The Balaban J connectivity index is 0.000000173. The largest absolute Gasteiger partial charge is 0.309 e. The van der Waals surface area contributed by atoms with E-state index in [2.05, 4.69) is 4.98 Å². The van der Waals surface area contributed by atoms with E-state index in [0.717, 1.165) is 15.9 Å². The third kappa shape index (κ3) is 6.46. The molecule has 6 rings (SSSR count). The lowest BCUT2D eigenvalue weighted by atomic mass is 10.3. The number of benzene rings is 5. The molecule has 0 aliphatic heterocycles. The SMILES string of the molecule is O=P(c1ccc(F)cc1)(c1ccc(F)cc1)c1ccc(F)cc1.O=P(c1ccccc1)(c1ccccc1)c1ccncc1. The van der Waals surface area contributed by atoms with Crippen LogP contribution in [0.4, 0.5) is 13.2 Å². The van der Waals surface area contributed by atoms with Gasteiger partial charge in [0.15, 0.2) is 14.3 Å². The maximum absolute atomic E-state index is 13.8. The molecular formula is C35H26F3NO2P2. The van der Waals surface area contributed by atoms with Crippen LogP contribution >= 0.6 is 14.3 Å². The van der Waals surface area contributed by atoms with Gasteiger partial charge in [-0.1, -0.05) is 60.7 Å². The summed E-state index contributed by atoms with van der Waals surface area (Å²) < 4.78 is 67.2. The van der Waals surface area contributed by atoms with Gasteiger partial charge in [-0.05, 0) is 84.9 Å². The first kappa shape index (κ1) is 30.0. The monoisotopic (exact) mass is 611 g/mol. The summed E-state index contributed by atoms with van der Waals surface area (Å²) in [6, 6.07) is 38.8. The molecule has 0 aliphatic rings. The predicted octanol–water partition coefficient (Wildman–Crippen LogP) is 6.46. The lowest BCUT2D eigenvalue weighted by Gasteiger charge is -2.20. The highest BCUT2D eigenvalue weighted by Crippen LogP contribution is 2.43. The summed E-state index contributed by atoms with van der Waals surface area (Å²) in [5.74, 6) is -1.34. The Kier molecular flexibility index (Phi) is 9.21. The van der Waals surface area contributed by atoms with Gasteiger partial charge in [-0.3, -0.25) is 4.98 Å². The van der Waals surface area contributed by atoms with E-state index in [1.54, 1.807) is 12.4 Å². The Morgan fingerprint density at radius 2 is 0.605 bits per heavy atom. The normalized spacial score (nSPS) is 11.3. The average Bonchev–Trinajstić information content (AvgIpc) is 3.06. The highest BCUT2D eigenvalue weighted by Gasteiger charge is 2.30. The zero-order chi connectivity index (χ0) is 30.3. The third-order valence-corrected chi connectivity index (χ3v) is 13.0. The average molecular weight is 612 g/mol. The van der Waals surface area contributed by atoms with Crippen LogP contribution in [0.2, 0.25) is 0 Å². The fourth-order valence-corrected chi connectivity index (χ4v) is 9.91. The van der Waals surface area contributed by atoms with Crippen LogP contribution in [0, 0.1) is 17.5 Å². The molecule has 0 unspecified atom stereocenters. The van der Waals surface area contributed by atoms with E-state index in [-0.39, 0.29) is 0 Å². The third-order valence-electron chi connectivity index (χ3n) is 6.84. The minimum absolute atomic E-state index is 0.400. The van der Waals surface area contributed by atoms with Crippen LogP contribution in [0.1, 0.15) is 0 Å². The van der Waals surface area contributed by atoms with Gasteiger partial charge in [0.1, 0.15) is 17.5 Å². The second kappa shape index (κ2) is 13.2. The van der Waals surface area contributed by atoms with Crippen LogP contribution < -0.4 is 31.8 Å². The van der Waals surface area contributed by atoms with Crippen LogP contribution in [0.15, 0.2) is 158 Å². The van der Waals surface area contributed by atoms with Crippen LogP contribution in [0.25, 0.3) is 0 Å². The molecule has 0 saturated heterocycles. The highest BCUT2D eigenvalue weighted by molar-refractivity contribution is 7.85. The van der Waals surface area contributed by atoms with Gasteiger partial charge >= 0.3 is 0 Å². The van der Waals surface area contributed by atoms with E-state index in [1.807, 2.05) is 72.8 Å². The van der Waals surface area contributed by atoms with Gasteiger partial charge in [0.2, 0.25) is 0 Å². The molecule has 0 aliphatic carbocycles. The molecular weight excluding hydrogens is 585 g/mol. The minimum atomic E-state index is -3.34. The zero-order valence-corrected chi connectivity index (χ0v) is 24.6. The molecule has 43 heavy (non-hydrogen) atoms. The molecule has 1 aromatic heterocycles. The number of pyridine rings is 1. The molecule has 0 saturated carbocycles. The second-order valence-electron chi connectivity index (χ2n) is 9.52. The Morgan fingerprint density at radius 3 is 0.907 bits per heavy atom. The summed E-state index contributed by atoms with van der Waals surface area (Å²) in [5.41, 5.74) is 0. The zero-order valence-electron chi connectivity index (χ0n) is 22.8. The Morgan fingerprint density at radius 1 is 0.349 bits per heavy atom. The van der Waals surface area contributed by atoms with E-state index >= 15 is 0 Å². The van der Waals surface area contributed by atoms with Crippen molar-refractivity contribution in [2.75, 3.05) is 0 Å². The first-order chi connectivity index (χ1) is 20.8. The van der Waals surface area contributed by atoms with Gasteiger partial charge in [0.05, 0.1) is 0 Å². The highest BCUT2D eigenvalue weighted by atomic mass is 31.2. The summed E-state index contributed by atoms with van der Waals surface area (Å²) in [4.78, 5) is 4.03. The Hall–Kier alpha value is -4.50. The maximum Gasteiger partial charge on any atom is 0.171 e. The van der Waals surface area contributed by atoms with Crippen molar-refractivity contribution in [1.29, 1.82) is 0 Å². The van der Waals surface area contributed by atoms with Gasteiger partial charge < -0.3 is 9.13 Å². The fourth-order valence-electron chi connectivity index (χ4n) is 4.68. The molecule has 0 atom stereocenters. The van der Waals surface area contributed by atoms with Gasteiger partial charge in [0.25, 0.3) is 0 Å². The van der Waals surface area contributed by atoms with E-state index in [1.165, 1.54) is 72.8 Å². The van der Waals surface area contributed by atoms with Gasteiger partial charge in [-0.2, -0.15) is 0 Å². The van der Waals surface area contributed by atoms with Crippen LogP contribution in [0.5, 0.6) is 0 Å². The molecule has 1 heterocycles. The summed E-state index contributed by atoms with van der Waals surface area (Å²) in [6.07, 6.45) is 3.38. The van der Waals surface area contributed by atoms with Crippen LogP contribution in [0.3, 0.4) is 0 Å². The number of rotatable bonds is 6. The van der Waals surface area contributed by atoms with Crippen molar-refractivity contribution in [3.63, 3.8) is 0 Å². The first-order valence-electron chi connectivity index (χ1n) is 13.3. The minimum Gasteiger partial charge on any atom is -0.309 e. The Labute approximate surface area is 248 Å². The molecule has 0 radical (unpaired) electrons. The lowest BCUT2D eigenvalue weighted by Crippen LogP contribution is -2.25. The van der Waals surface area contributed by atoms with E-state index in [4.69, 9.17) is 0 Å². The summed E-state index contributed by atoms with van der Waals surface area (Å²) in [6.45, 7) is 0. The molecule has 0 bridgehead atoms. The number of nitrogens with zero attached hydrogens (tertiary/aromatic N) is 1. The molecule has 6 aromatic rings. The molecule has 5 aromatic carbocycles. The number of halogens is 3.